The van der Waals surface area contributed by atoms with Gasteiger partial charge in [0.2, 0.25) is 5.91 Å². The number of aryl methyl sites for hydroxylation is 4. The number of anilines is 2. The van der Waals surface area contributed by atoms with Crippen LogP contribution >= 0.6 is 0 Å². The molecule has 2 N–H and O–H groups in total. The SMILES string of the molecule is Cc1cc(C)nc(-n2nc(C)c(CC(=O)Nc3cc(NC(=O)c4ccccc4)ccc3C)c2C)n1. The van der Waals surface area contributed by atoms with E-state index in [2.05, 4.69) is 25.7 Å². The Balaban J connectivity index is 1.50. The molecule has 2 amide bonds. The summed E-state index contributed by atoms with van der Waals surface area (Å²) in [6, 6.07) is 16.3. The predicted octanol–water partition coefficient (Wildman–Crippen LogP) is 4.64. The first-order chi connectivity index (χ1) is 16.7. The molecule has 4 aromatic rings. The zero-order valence-corrected chi connectivity index (χ0v) is 20.5. The van der Waals surface area contributed by atoms with Gasteiger partial charge in [0.25, 0.3) is 11.9 Å². The van der Waals surface area contributed by atoms with Gasteiger partial charge in [-0.1, -0.05) is 24.3 Å². The third kappa shape index (κ3) is 5.43. The molecule has 0 radical (unpaired) electrons. The third-order valence-corrected chi connectivity index (χ3v) is 5.74. The number of amides is 2. The van der Waals surface area contributed by atoms with Crippen LogP contribution < -0.4 is 10.6 Å². The van der Waals surface area contributed by atoms with Crippen LogP contribution in [0.2, 0.25) is 0 Å². The van der Waals surface area contributed by atoms with Gasteiger partial charge in [0.05, 0.1) is 12.1 Å². The Morgan fingerprint density at radius 1 is 0.857 bits per heavy atom. The highest BCUT2D eigenvalue weighted by Crippen LogP contribution is 2.23. The second-order valence-corrected chi connectivity index (χ2v) is 8.59. The third-order valence-electron chi connectivity index (χ3n) is 5.74. The minimum atomic E-state index is -0.209. The van der Waals surface area contributed by atoms with Crippen molar-refractivity contribution in [3.63, 3.8) is 0 Å². The molecular weight excluding hydrogens is 440 g/mol. The van der Waals surface area contributed by atoms with E-state index in [0.29, 0.717) is 22.9 Å². The molecular formula is C27H28N6O2. The second-order valence-electron chi connectivity index (χ2n) is 8.59. The highest BCUT2D eigenvalue weighted by molar-refractivity contribution is 6.04. The zero-order chi connectivity index (χ0) is 25.1. The monoisotopic (exact) mass is 468 g/mol. The largest absolute Gasteiger partial charge is 0.325 e. The number of hydrogen-bond acceptors (Lipinski definition) is 5. The molecule has 0 aliphatic rings. The van der Waals surface area contributed by atoms with Crippen LogP contribution in [0.4, 0.5) is 11.4 Å². The first-order valence-corrected chi connectivity index (χ1v) is 11.4. The summed E-state index contributed by atoms with van der Waals surface area (Å²) >= 11 is 0. The number of nitrogens with one attached hydrogen (secondary N) is 2. The van der Waals surface area contributed by atoms with Gasteiger partial charge in [0.15, 0.2) is 0 Å². The first-order valence-electron chi connectivity index (χ1n) is 11.4. The molecule has 4 rings (SSSR count). The maximum Gasteiger partial charge on any atom is 0.255 e. The Morgan fingerprint density at radius 2 is 1.54 bits per heavy atom. The lowest BCUT2D eigenvalue weighted by Crippen LogP contribution is -2.17. The summed E-state index contributed by atoms with van der Waals surface area (Å²) in [4.78, 5) is 34.4. The van der Waals surface area contributed by atoms with E-state index < -0.39 is 0 Å². The van der Waals surface area contributed by atoms with Gasteiger partial charge in [-0.25, -0.2) is 14.6 Å². The lowest BCUT2D eigenvalue weighted by Gasteiger charge is -2.12. The summed E-state index contributed by atoms with van der Waals surface area (Å²) in [5, 5.41) is 10.4. The van der Waals surface area contributed by atoms with Gasteiger partial charge < -0.3 is 10.6 Å². The molecule has 0 spiro atoms. The van der Waals surface area contributed by atoms with Crippen LogP contribution in [0.15, 0.2) is 54.6 Å². The predicted molar refractivity (Wildman–Crippen MR) is 136 cm³/mol. The van der Waals surface area contributed by atoms with Crippen molar-refractivity contribution in [3.8, 4) is 5.95 Å². The molecule has 0 saturated carbocycles. The normalized spacial score (nSPS) is 10.8. The molecule has 8 heteroatoms. The molecule has 2 heterocycles. The van der Waals surface area contributed by atoms with Gasteiger partial charge in [-0.3, -0.25) is 9.59 Å². The Bertz CT molecular complexity index is 1390. The fourth-order valence-electron chi connectivity index (χ4n) is 3.91. The van der Waals surface area contributed by atoms with Crippen molar-refractivity contribution < 1.29 is 9.59 Å². The van der Waals surface area contributed by atoms with Crippen molar-refractivity contribution in [2.75, 3.05) is 10.6 Å². The second kappa shape index (κ2) is 9.89. The molecule has 0 aliphatic carbocycles. The molecule has 2 aromatic heterocycles. The molecule has 0 unspecified atom stereocenters. The number of aromatic nitrogens is 4. The topological polar surface area (TPSA) is 102 Å². The Kier molecular flexibility index (Phi) is 6.73. The number of nitrogens with zero attached hydrogens (tertiary/aromatic N) is 4. The lowest BCUT2D eigenvalue weighted by molar-refractivity contribution is -0.115. The number of hydrogen-bond donors (Lipinski definition) is 2. The summed E-state index contributed by atoms with van der Waals surface area (Å²) in [6.07, 6.45) is 0.155. The van der Waals surface area contributed by atoms with Gasteiger partial charge in [-0.2, -0.15) is 5.10 Å². The van der Waals surface area contributed by atoms with Crippen LogP contribution in [0.25, 0.3) is 5.95 Å². The standard InChI is InChI=1S/C27H28N6O2/c1-16-11-12-22(30-26(35)21-9-7-6-8-10-21)14-24(16)31-25(34)15-23-19(4)32-33(20(23)5)27-28-17(2)13-18(3)29-27/h6-14H,15H2,1-5H3,(H,30,35)(H,31,34). The highest BCUT2D eigenvalue weighted by Gasteiger charge is 2.18. The van der Waals surface area contributed by atoms with Crippen molar-refractivity contribution in [3.05, 3.63) is 94.1 Å². The summed E-state index contributed by atoms with van der Waals surface area (Å²) in [5.74, 6) is 0.109. The molecule has 35 heavy (non-hydrogen) atoms. The van der Waals surface area contributed by atoms with E-state index in [-0.39, 0.29) is 18.2 Å². The van der Waals surface area contributed by atoms with E-state index in [0.717, 1.165) is 33.9 Å². The zero-order valence-electron chi connectivity index (χ0n) is 20.5. The molecule has 0 aliphatic heterocycles. The van der Waals surface area contributed by atoms with Gasteiger partial charge >= 0.3 is 0 Å². The van der Waals surface area contributed by atoms with E-state index in [9.17, 15) is 9.59 Å². The maximum absolute atomic E-state index is 13.0. The van der Waals surface area contributed by atoms with Crippen LogP contribution in [-0.4, -0.2) is 31.6 Å². The van der Waals surface area contributed by atoms with Crippen molar-refractivity contribution in [2.45, 2.75) is 41.0 Å². The molecule has 178 valence electrons. The van der Waals surface area contributed by atoms with E-state index in [1.165, 1.54) is 0 Å². The number of rotatable bonds is 6. The average Bonchev–Trinajstić information content (AvgIpc) is 3.09. The number of carbonyl (C=O) groups excluding carboxylic acids is 2. The lowest BCUT2D eigenvalue weighted by atomic mass is 10.1. The quantitative estimate of drug-likeness (QED) is 0.429. The van der Waals surface area contributed by atoms with Crippen LogP contribution in [0.5, 0.6) is 0 Å². The maximum atomic E-state index is 13.0. The minimum Gasteiger partial charge on any atom is -0.325 e. The van der Waals surface area contributed by atoms with Gasteiger partial charge in [0, 0.05) is 39.6 Å². The molecule has 0 bridgehead atoms. The summed E-state index contributed by atoms with van der Waals surface area (Å²) in [5.41, 5.74) is 6.81. The summed E-state index contributed by atoms with van der Waals surface area (Å²) in [6.45, 7) is 9.52. The average molecular weight is 469 g/mol. The Hall–Kier alpha value is -4.33. The fourth-order valence-corrected chi connectivity index (χ4v) is 3.91. The minimum absolute atomic E-state index is 0.155. The molecule has 0 saturated heterocycles. The number of carbonyl (C=O) groups is 2. The van der Waals surface area contributed by atoms with Crippen LogP contribution in [-0.2, 0) is 11.2 Å². The molecule has 8 nitrogen and oxygen atoms in total. The molecule has 2 aromatic carbocycles. The molecule has 0 atom stereocenters. The Morgan fingerprint density at radius 3 is 2.23 bits per heavy atom. The molecule has 0 fully saturated rings. The van der Waals surface area contributed by atoms with Gasteiger partial charge in [-0.15, -0.1) is 0 Å². The highest BCUT2D eigenvalue weighted by atomic mass is 16.2. The van der Waals surface area contributed by atoms with E-state index in [1.807, 2.05) is 71.0 Å². The van der Waals surface area contributed by atoms with Gasteiger partial charge in [-0.05, 0) is 70.5 Å². The van der Waals surface area contributed by atoms with Crippen LogP contribution in [0, 0.1) is 34.6 Å². The van der Waals surface area contributed by atoms with Crippen LogP contribution in [0.3, 0.4) is 0 Å². The van der Waals surface area contributed by atoms with E-state index in [1.54, 1.807) is 22.9 Å². The fraction of sp³-hybridized carbons (Fsp3) is 0.222. The number of benzene rings is 2. The van der Waals surface area contributed by atoms with Crippen molar-refractivity contribution in [2.24, 2.45) is 0 Å². The summed E-state index contributed by atoms with van der Waals surface area (Å²) in [7, 11) is 0. The van der Waals surface area contributed by atoms with E-state index >= 15 is 0 Å². The summed E-state index contributed by atoms with van der Waals surface area (Å²) < 4.78 is 1.68. The van der Waals surface area contributed by atoms with Crippen LogP contribution in [0.1, 0.15) is 44.3 Å². The van der Waals surface area contributed by atoms with Gasteiger partial charge in [0.1, 0.15) is 0 Å². The first kappa shape index (κ1) is 23.8. The van der Waals surface area contributed by atoms with Crippen molar-refractivity contribution >= 4 is 23.2 Å². The van der Waals surface area contributed by atoms with Crippen molar-refractivity contribution in [1.82, 2.24) is 19.7 Å². The Labute approximate surface area is 204 Å². The van der Waals surface area contributed by atoms with Crippen molar-refractivity contribution in [1.29, 1.82) is 0 Å². The van der Waals surface area contributed by atoms with E-state index in [4.69, 9.17) is 0 Å². The smallest absolute Gasteiger partial charge is 0.255 e.